The lowest BCUT2D eigenvalue weighted by atomic mass is 9.71. The lowest BCUT2D eigenvalue weighted by Crippen LogP contribution is -2.38. The molecule has 0 saturated heterocycles. The monoisotopic (exact) mass is 501 g/mol. The Morgan fingerprint density at radius 2 is 1.62 bits per heavy atom. The van der Waals surface area contributed by atoms with Gasteiger partial charge in [-0.15, -0.1) is 11.3 Å². The summed E-state index contributed by atoms with van der Waals surface area (Å²) in [5.41, 5.74) is 7.70. The van der Waals surface area contributed by atoms with Crippen LogP contribution >= 0.6 is 11.3 Å². The van der Waals surface area contributed by atoms with Gasteiger partial charge in [-0.25, -0.2) is 4.98 Å². The summed E-state index contributed by atoms with van der Waals surface area (Å²) in [5.74, 6) is -0.189. The van der Waals surface area contributed by atoms with Crippen LogP contribution in [0.5, 0.6) is 0 Å². The first-order chi connectivity index (χ1) is 18.1. The first kappa shape index (κ1) is 23.3. The van der Waals surface area contributed by atoms with Gasteiger partial charge in [0, 0.05) is 29.6 Å². The lowest BCUT2D eigenvalue weighted by molar-refractivity contribution is -0.121. The molecule has 6 rings (SSSR count). The second-order valence-corrected chi connectivity index (χ2v) is 10.6. The van der Waals surface area contributed by atoms with Crippen LogP contribution in [-0.2, 0) is 23.1 Å². The molecule has 2 heterocycles. The van der Waals surface area contributed by atoms with Crippen LogP contribution in [0, 0.1) is 5.92 Å². The molecular weight excluding hydrogens is 474 g/mol. The van der Waals surface area contributed by atoms with Crippen LogP contribution in [0.15, 0.2) is 109 Å². The van der Waals surface area contributed by atoms with E-state index in [-0.39, 0.29) is 11.8 Å². The Morgan fingerprint density at radius 3 is 2.41 bits per heavy atom. The molecule has 0 bridgehead atoms. The maximum absolute atomic E-state index is 13.7. The Kier molecular flexibility index (Phi) is 6.15. The molecule has 0 unspecified atom stereocenters. The molecule has 1 amide bonds. The minimum Gasteiger partial charge on any atom is -0.302 e. The van der Waals surface area contributed by atoms with Crippen molar-refractivity contribution in [2.45, 2.75) is 25.2 Å². The highest BCUT2D eigenvalue weighted by atomic mass is 32.1. The highest BCUT2D eigenvalue weighted by Crippen LogP contribution is 2.48. The van der Waals surface area contributed by atoms with Gasteiger partial charge in [0.25, 0.3) is 0 Å². The third kappa shape index (κ3) is 4.47. The normalized spacial score (nSPS) is 18.4. The van der Waals surface area contributed by atoms with Crippen LogP contribution in [0.1, 0.15) is 34.9 Å². The van der Waals surface area contributed by atoms with E-state index in [9.17, 15) is 4.79 Å². The second-order valence-electron chi connectivity index (χ2n) is 9.73. The van der Waals surface area contributed by atoms with Gasteiger partial charge in [0.2, 0.25) is 5.91 Å². The van der Waals surface area contributed by atoms with Gasteiger partial charge < -0.3 is 5.32 Å². The third-order valence-electron chi connectivity index (χ3n) is 7.52. The number of fused-ring (bicyclic) bond motifs is 1. The van der Waals surface area contributed by atoms with Crippen molar-refractivity contribution in [3.8, 4) is 11.1 Å². The highest BCUT2D eigenvalue weighted by molar-refractivity contribution is 7.13. The van der Waals surface area contributed by atoms with E-state index in [1.807, 2.05) is 35.7 Å². The van der Waals surface area contributed by atoms with Crippen molar-refractivity contribution in [2.24, 2.45) is 5.92 Å². The number of anilines is 1. The van der Waals surface area contributed by atoms with Gasteiger partial charge in [0.1, 0.15) is 0 Å². The van der Waals surface area contributed by atoms with Gasteiger partial charge in [0.15, 0.2) is 5.13 Å². The number of benzene rings is 3. The maximum atomic E-state index is 13.7. The molecular formula is C32H27N3OS. The molecule has 37 heavy (non-hydrogen) atoms. The van der Waals surface area contributed by atoms with Crippen molar-refractivity contribution >= 4 is 22.4 Å². The predicted molar refractivity (Wildman–Crippen MR) is 150 cm³/mol. The summed E-state index contributed by atoms with van der Waals surface area (Å²) in [6, 6.07) is 31.3. The van der Waals surface area contributed by atoms with Crippen molar-refractivity contribution in [1.82, 2.24) is 9.97 Å². The highest BCUT2D eigenvalue weighted by Gasteiger charge is 2.47. The molecule has 2 atom stereocenters. The van der Waals surface area contributed by atoms with E-state index in [0.29, 0.717) is 5.13 Å². The zero-order chi connectivity index (χ0) is 25.2. The summed E-state index contributed by atoms with van der Waals surface area (Å²) in [6.07, 6.45) is 5.05. The average Bonchev–Trinajstić information content (AvgIpc) is 3.52. The molecule has 182 valence electrons. The molecule has 3 aromatic carbocycles. The van der Waals surface area contributed by atoms with Crippen LogP contribution in [0.3, 0.4) is 0 Å². The molecule has 0 radical (unpaired) electrons. The fraction of sp³-hybridized carbons (Fsp3) is 0.156. The largest absolute Gasteiger partial charge is 0.302 e. The standard InChI is InChI=1S/C32H27N3OS/c1-32(26-8-3-2-4-9-26)28-10-6-5-7-25(28)20-29(32)30(36)35-31-34-27(21-37-31)19-22-11-13-23(14-12-22)24-15-17-33-18-16-24/h2-18,21,29H,19-20H2,1H3,(H,34,35,36)/t29-,32+/m0/s1. The van der Waals surface area contributed by atoms with Crippen LogP contribution < -0.4 is 5.32 Å². The number of hydrogen-bond donors (Lipinski definition) is 1. The van der Waals surface area contributed by atoms with Crippen molar-refractivity contribution in [2.75, 3.05) is 5.32 Å². The van der Waals surface area contributed by atoms with E-state index in [2.05, 4.69) is 77.9 Å². The minimum atomic E-state index is -0.390. The smallest absolute Gasteiger partial charge is 0.230 e. The molecule has 2 aromatic heterocycles. The van der Waals surface area contributed by atoms with Crippen molar-refractivity contribution < 1.29 is 4.79 Å². The Labute approximate surface area is 221 Å². The van der Waals surface area contributed by atoms with Gasteiger partial charge in [-0.2, -0.15) is 0 Å². The van der Waals surface area contributed by atoms with Crippen molar-refractivity contribution in [3.63, 3.8) is 0 Å². The van der Waals surface area contributed by atoms with Gasteiger partial charge in [-0.05, 0) is 51.9 Å². The van der Waals surface area contributed by atoms with E-state index in [1.54, 1.807) is 12.4 Å². The van der Waals surface area contributed by atoms with E-state index in [1.165, 1.54) is 28.0 Å². The van der Waals surface area contributed by atoms with E-state index in [0.717, 1.165) is 35.2 Å². The Bertz CT molecular complexity index is 1530. The average molecular weight is 502 g/mol. The third-order valence-corrected chi connectivity index (χ3v) is 8.33. The van der Waals surface area contributed by atoms with E-state index < -0.39 is 5.41 Å². The molecule has 4 nitrogen and oxygen atoms in total. The first-order valence-corrected chi connectivity index (χ1v) is 13.4. The Morgan fingerprint density at radius 1 is 0.919 bits per heavy atom. The van der Waals surface area contributed by atoms with Crippen LogP contribution in [-0.4, -0.2) is 15.9 Å². The summed E-state index contributed by atoms with van der Waals surface area (Å²) in [4.78, 5) is 22.5. The zero-order valence-electron chi connectivity index (χ0n) is 20.6. The molecule has 1 aliphatic carbocycles. The number of nitrogens with zero attached hydrogens (tertiary/aromatic N) is 2. The number of nitrogens with one attached hydrogen (secondary N) is 1. The molecule has 0 spiro atoms. The number of hydrogen-bond acceptors (Lipinski definition) is 4. The number of aromatic nitrogens is 2. The molecule has 0 fully saturated rings. The molecule has 0 saturated carbocycles. The lowest BCUT2D eigenvalue weighted by Gasteiger charge is -2.32. The maximum Gasteiger partial charge on any atom is 0.230 e. The molecule has 5 aromatic rings. The SMILES string of the molecule is C[C@@]1(c2ccccc2)c2ccccc2C[C@H]1C(=O)Nc1nc(Cc2ccc(-c3ccncc3)cc2)cs1. The number of carbonyl (C=O) groups excluding carboxylic acids is 1. The Hall–Kier alpha value is -4.09. The number of amides is 1. The predicted octanol–water partition coefficient (Wildman–Crippen LogP) is 6.91. The fourth-order valence-electron chi connectivity index (χ4n) is 5.52. The molecule has 1 N–H and O–H groups in total. The van der Waals surface area contributed by atoms with Crippen LogP contribution in [0.4, 0.5) is 5.13 Å². The number of rotatable bonds is 6. The van der Waals surface area contributed by atoms with E-state index >= 15 is 0 Å². The molecule has 1 aliphatic rings. The minimum absolute atomic E-state index is 0.0187. The molecule has 5 heteroatoms. The Balaban J connectivity index is 1.18. The number of carbonyl (C=O) groups is 1. The number of thiazole rings is 1. The van der Waals surface area contributed by atoms with Crippen LogP contribution in [0.2, 0.25) is 0 Å². The summed E-state index contributed by atoms with van der Waals surface area (Å²) < 4.78 is 0. The quantitative estimate of drug-likeness (QED) is 0.275. The van der Waals surface area contributed by atoms with Crippen molar-refractivity contribution in [1.29, 1.82) is 0 Å². The first-order valence-electron chi connectivity index (χ1n) is 12.5. The second kappa shape index (κ2) is 9.75. The summed E-state index contributed by atoms with van der Waals surface area (Å²) in [7, 11) is 0. The van der Waals surface area contributed by atoms with Gasteiger partial charge >= 0.3 is 0 Å². The van der Waals surface area contributed by atoms with Gasteiger partial charge in [0.05, 0.1) is 11.6 Å². The van der Waals surface area contributed by atoms with Crippen LogP contribution in [0.25, 0.3) is 11.1 Å². The van der Waals surface area contributed by atoms with Gasteiger partial charge in [-0.1, -0.05) is 85.8 Å². The topological polar surface area (TPSA) is 54.9 Å². The zero-order valence-corrected chi connectivity index (χ0v) is 21.4. The summed E-state index contributed by atoms with van der Waals surface area (Å²) in [6.45, 7) is 2.20. The fourth-order valence-corrected chi connectivity index (χ4v) is 6.23. The summed E-state index contributed by atoms with van der Waals surface area (Å²) >= 11 is 1.49. The molecule has 0 aliphatic heterocycles. The summed E-state index contributed by atoms with van der Waals surface area (Å²) in [5, 5.41) is 5.83. The van der Waals surface area contributed by atoms with Crippen molar-refractivity contribution in [3.05, 3.63) is 137 Å². The van der Waals surface area contributed by atoms with E-state index in [4.69, 9.17) is 4.98 Å². The number of pyridine rings is 1. The van der Waals surface area contributed by atoms with Gasteiger partial charge in [-0.3, -0.25) is 9.78 Å².